The van der Waals surface area contributed by atoms with Crippen LogP contribution in [0.1, 0.15) is 12.6 Å². The van der Waals surface area contributed by atoms with Gasteiger partial charge in [-0.1, -0.05) is 0 Å². The molecular formula is C8H13N3O2. The predicted octanol–water partition coefficient (Wildman–Crippen LogP) is -0.583. The molecule has 0 aromatic carbocycles. The van der Waals surface area contributed by atoms with E-state index in [1.165, 1.54) is 6.92 Å². The second-order valence-electron chi connectivity index (χ2n) is 2.87. The average molecular weight is 183 g/mol. The van der Waals surface area contributed by atoms with Crippen molar-refractivity contribution >= 4 is 5.91 Å². The van der Waals surface area contributed by atoms with Crippen LogP contribution < -0.4 is 5.32 Å². The quantitative estimate of drug-likeness (QED) is 0.658. The predicted molar refractivity (Wildman–Crippen MR) is 46.7 cm³/mol. The molecule has 0 saturated heterocycles. The zero-order chi connectivity index (χ0) is 9.84. The van der Waals surface area contributed by atoms with Gasteiger partial charge in [-0.15, -0.1) is 0 Å². The van der Waals surface area contributed by atoms with E-state index in [9.17, 15) is 4.79 Å². The second-order valence-corrected chi connectivity index (χ2v) is 2.87. The van der Waals surface area contributed by atoms with E-state index in [1.54, 1.807) is 17.9 Å². The summed E-state index contributed by atoms with van der Waals surface area (Å²) < 4.78 is 1.66. The van der Waals surface area contributed by atoms with Crippen LogP contribution in [0, 0.1) is 0 Å². The van der Waals surface area contributed by atoms with Gasteiger partial charge >= 0.3 is 0 Å². The molecular weight excluding hydrogens is 170 g/mol. The first-order chi connectivity index (χ1) is 6.09. The Morgan fingerprint density at radius 2 is 2.54 bits per heavy atom. The van der Waals surface area contributed by atoms with E-state index in [0.29, 0.717) is 6.54 Å². The third-order valence-electron chi connectivity index (χ3n) is 1.59. The molecule has 1 rings (SSSR count). The summed E-state index contributed by atoms with van der Waals surface area (Å²) in [6.45, 7) is 1.78. The van der Waals surface area contributed by atoms with Crippen molar-refractivity contribution in [1.82, 2.24) is 15.1 Å². The Morgan fingerprint density at radius 3 is 3.00 bits per heavy atom. The third kappa shape index (κ3) is 2.87. The molecule has 1 aromatic heterocycles. The highest BCUT2D eigenvalue weighted by molar-refractivity contribution is 5.79. The Balaban J connectivity index is 2.39. The standard InChI is InChI=1S/C8H13N3O2/c1-6(12)8(13)9-5-7-3-4-11(2)10-7/h3-4,6,12H,5H2,1-2H3,(H,9,13)/t6-/m1/s1. The van der Waals surface area contributed by atoms with Crippen molar-refractivity contribution < 1.29 is 9.90 Å². The number of rotatable bonds is 3. The van der Waals surface area contributed by atoms with E-state index in [4.69, 9.17) is 5.11 Å². The second kappa shape index (κ2) is 4.04. The van der Waals surface area contributed by atoms with E-state index in [1.807, 2.05) is 6.07 Å². The summed E-state index contributed by atoms with van der Waals surface area (Å²) >= 11 is 0. The first kappa shape index (κ1) is 9.73. The molecule has 0 aliphatic carbocycles. The SMILES string of the molecule is C[C@@H](O)C(=O)NCc1ccn(C)n1. The summed E-state index contributed by atoms with van der Waals surface area (Å²) in [5.41, 5.74) is 0.775. The molecule has 1 aromatic rings. The summed E-state index contributed by atoms with van der Waals surface area (Å²) in [5.74, 6) is -0.384. The molecule has 0 fully saturated rings. The van der Waals surface area contributed by atoms with Gasteiger partial charge < -0.3 is 10.4 Å². The van der Waals surface area contributed by atoms with Crippen LogP contribution >= 0.6 is 0 Å². The highest BCUT2D eigenvalue weighted by Crippen LogP contribution is 1.93. The first-order valence-corrected chi connectivity index (χ1v) is 4.04. The molecule has 1 amide bonds. The molecule has 0 radical (unpaired) electrons. The minimum Gasteiger partial charge on any atom is -0.384 e. The van der Waals surface area contributed by atoms with Gasteiger partial charge in [0.1, 0.15) is 6.10 Å². The number of nitrogens with zero attached hydrogens (tertiary/aromatic N) is 2. The van der Waals surface area contributed by atoms with Crippen LogP contribution in [0.5, 0.6) is 0 Å². The normalized spacial score (nSPS) is 12.5. The maximum absolute atomic E-state index is 10.9. The van der Waals surface area contributed by atoms with Crippen molar-refractivity contribution in [1.29, 1.82) is 0 Å². The minimum atomic E-state index is -0.969. The van der Waals surface area contributed by atoms with Crippen LogP contribution in [0.15, 0.2) is 12.3 Å². The van der Waals surface area contributed by atoms with Crippen molar-refractivity contribution in [3.63, 3.8) is 0 Å². The van der Waals surface area contributed by atoms with Gasteiger partial charge in [-0.05, 0) is 13.0 Å². The van der Waals surface area contributed by atoms with Crippen LogP contribution in [0.4, 0.5) is 0 Å². The molecule has 0 saturated carbocycles. The third-order valence-corrected chi connectivity index (χ3v) is 1.59. The largest absolute Gasteiger partial charge is 0.384 e. The number of hydrogen-bond donors (Lipinski definition) is 2. The number of amides is 1. The zero-order valence-electron chi connectivity index (χ0n) is 7.69. The van der Waals surface area contributed by atoms with Crippen molar-refractivity contribution in [2.24, 2.45) is 7.05 Å². The summed E-state index contributed by atoms with van der Waals surface area (Å²) in [6.07, 6.45) is 0.827. The molecule has 0 bridgehead atoms. The molecule has 0 aliphatic rings. The van der Waals surface area contributed by atoms with Crippen molar-refractivity contribution in [2.75, 3.05) is 0 Å². The molecule has 5 nitrogen and oxygen atoms in total. The van der Waals surface area contributed by atoms with E-state index in [0.717, 1.165) is 5.69 Å². The Hall–Kier alpha value is -1.36. The van der Waals surface area contributed by atoms with Crippen molar-refractivity contribution in [3.8, 4) is 0 Å². The molecule has 0 aliphatic heterocycles. The Bertz CT molecular complexity index is 293. The molecule has 72 valence electrons. The van der Waals surface area contributed by atoms with Crippen LogP contribution in [0.2, 0.25) is 0 Å². The van der Waals surface area contributed by atoms with Crippen LogP contribution in [0.3, 0.4) is 0 Å². The van der Waals surface area contributed by atoms with Gasteiger partial charge in [-0.25, -0.2) is 0 Å². The monoisotopic (exact) mass is 183 g/mol. The molecule has 2 N–H and O–H groups in total. The molecule has 1 heterocycles. The topological polar surface area (TPSA) is 67.2 Å². The lowest BCUT2D eigenvalue weighted by Gasteiger charge is -2.04. The highest BCUT2D eigenvalue weighted by Gasteiger charge is 2.07. The number of hydrogen-bond acceptors (Lipinski definition) is 3. The van der Waals surface area contributed by atoms with Crippen LogP contribution in [0.25, 0.3) is 0 Å². The smallest absolute Gasteiger partial charge is 0.248 e. The van der Waals surface area contributed by atoms with Gasteiger partial charge in [0.2, 0.25) is 5.91 Å². The Kier molecular flexibility index (Phi) is 3.02. The fraction of sp³-hybridized carbons (Fsp3) is 0.500. The maximum Gasteiger partial charge on any atom is 0.248 e. The van der Waals surface area contributed by atoms with Gasteiger partial charge in [0, 0.05) is 13.2 Å². The molecule has 1 atom stereocenters. The van der Waals surface area contributed by atoms with Gasteiger partial charge in [0.15, 0.2) is 0 Å². The number of carbonyl (C=O) groups is 1. The van der Waals surface area contributed by atoms with Gasteiger partial charge in [-0.2, -0.15) is 5.10 Å². The molecule has 0 spiro atoms. The minimum absolute atomic E-state index is 0.352. The zero-order valence-corrected chi connectivity index (χ0v) is 7.69. The number of aromatic nitrogens is 2. The Morgan fingerprint density at radius 1 is 1.85 bits per heavy atom. The maximum atomic E-state index is 10.9. The lowest BCUT2D eigenvalue weighted by Crippen LogP contribution is -2.32. The summed E-state index contributed by atoms with van der Waals surface area (Å²) in [6, 6.07) is 1.81. The summed E-state index contributed by atoms with van der Waals surface area (Å²) in [7, 11) is 1.81. The van der Waals surface area contributed by atoms with Gasteiger partial charge in [0.05, 0.1) is 12.2 Å². The highest BCUT2D eigenvalue weighted by atomic mass is 16.3. The van der Waals surface area contributed by atoms with Crippen LogP contribution in [-0.2, 0) is 18.4 Å². The first-order valence-electron chi connectivity index (χ1n) is 4.04. The van der Waals surface area contributed by atoms with E-state index in [-0.39, 0.29) is 5.91 Å². The van der Waals surface area contributed by atoms with Crippen molar-refractivity contribution in [3.05, 3.63) is 18.0 Å². The lowest BCUT2D eigenvalue weighted by atomic mass is 10.3. The van der Waals surface area contributed by atoms with E-state index < -0.39 is 6.10 Å². The van der Waals surface area contributed by atoms with Crippen LogP contribution in [-0.4, -0.2) is 26.9 Å². The Labute approximate surface area is 76.4 Å². The number of carbonyl (C=O) groups excluding carboxylic acids is 1. The fourth-order valence-corrected chi connectivity index (χ4v) is 0.883. The number of aliphatic hydroxyl groups is 1. The number of aliphatic hydroxyl groups excluding tert-OH is 1. The average Bonchev–Trinajstić information content (AvgIpc) is 2.47. The number of aryl methyl sites for hydroxylation is 1. The molecule has 0 unspecified atom stereocenters. The summed E-state index contributed by atoms with van der Waals surface area (Å²) in [5, 5.41) is 15.5. The van der Waals surface area contributed by atoms with E-state index in [2.05, 4.69) is 10.4 Å². The van der Waals surface area contributed by atoms with Gasteiger partial charge in [-0.3, -0.25) is 9.48 Å². The lowest BCUT2D eigenvalue weighted by molar-refractivity contribution is -0.128. The van der Waals surface area contributed by atoms with Crippen molar-refractivity contribution in [2.45, 2.75) is 19.6 Å². The van der Waals surface area contributed by atoms with Gasteiger partial charge in [0.25, 0.3) is 0 Å². The number of nitrogens with one attached hydrogen (secondary N) is 1. The van der Waals surface area contributed by atoms with E-state index >= 15 is 0 Å². The summed E-state index contributed by atoms with van der Waals surface area (Å²) in [4.78, 5) is 10.9. The fourth-order valence-electron chi connectivity index (χ4n) is 0.883. The molecule has 13 heavy (non-hydrogen) atoms. The molecule has 5 heteroatoms.